The standard InChI is InChI=1S/C13H11ClN2S/c1-9-2-4-11(17-9)8-16-13-6-10(7-15)3-5-12(13)14/h2-6,16H,8H2,1H3. The average Bonchev–Trinajstić information content (AvgIpc) is 2.74. The number of nitriles is 1. The van der Waals surface area contributed by atoms with Crippen LogP contribution in [0.2, 0.25) is 5.02 Å². The molecule has 2 nitrogen and oxygen atoms in total. The Kier molecular flexibility index (Phi) is 3.68. The molecule has 0 fully saturated rings. The second-order valence-corrected chi connectivity index (χ2v) is 5.45. The van der Waals surface area contributed by atoms with Crippen molar-refractivity contribution in [1.29, 1.82) is 5.26 Å². The Balaban J connectivity index is 2.11. The van der Waals surface area contributed by atoms with Crippen molar-refractivity contribution in [3.8, 4) is 6.07 Å². The molecule has 1 aromatic heterocycles. The van der Waals surface area contributed by atoms with Crippen molar-refractivity contribution in [2.75, 3.05) is 5.32 Å². The molecule has 0 unspecified atom stereocenters. The van der Waals surface area contributed by atoms with E-state index in [1.165, 1.54) is 9.75 Å². The molecule has 1 aromatic carbocycles. The van der Waals surface area contributed by atoms with Crippen LogP contribution in [0.4, 0.5) is 5.69 Å². The first kappa shape index (κ1) is 12.0. The van der Waals surface area contributed by atoms with Gasteiger partial charge in [-0.05, 0) is 37.3 Å². The van der Waals surface area contributed by atoms with E-state index >= 15 is 0 Å². The lowest BCUT2D eigenvalue weighted by Crippen LogP contribution is -1.98. The fraction of sp³-hybridized carbons (Fsp3) is 0.154. The Bertz CT molecular complexity index is 569. The first-order chi connectivity index (χ1) is 8.19. The van der Waals surface area contributed by atoms with Gasteiger partial charge in [0.15, 0.2) is 0 Å². The molecule has 17 heavy (non-hydrogen) atoms. The molecule has 0 spiro atoms. The zero-order valence-corrected chi connectivity index (χ0v) is 10.9. The predicted octanol–water partition coefficient (Wildman–Crippen LogP) is 4.19. The summed E-state index contributed by atoms with van der Waals surface area (Å²) in [6, 6.07) is 11.5. The van der Waals surface area contributed by atoms with E-state index < -0.39 is 0 Å². The van der Waals surface area contributed by atoms with Gasteiger partial charge in [0, 0.05) is 16.3 Å². The highest BCUT2D eigenvalue weighted by Crippen LogP contribution is 2.24. The van der Waals surface area contributed by atoms with Gasteiger partial charge in [-0.1, -0.05) is 11.6 Å². The quantitative estimate of drug-likeness (QED) is 0.900. The molecule has 0 atom stereocenters. The van der Waals surface area contributed by atoms with Crippen LogP contribution < -0.4 is 5.32 Å². The van der Waals surface area contributed by atoms with Crippen LogP contribution >= 0.6 is 22.9 Å². The van der Waals surface area contributed by atoms with Gasteiger partial charge in [0.25, 0.3) is 0 Å². The number of thiophene rings is 1. The molecule has 1 heterocycles. The average molecular weight is 263 g/mol. The maximum absolute atomic E-state index is 8.82. The van der Waals surface area contributed by atoms with Gasteiger partial charge < -0.3 is 5.32 Å². The highest BCUT2D eigenvalue weighted by molar-refractivity contribution is 7.11. The fourth-order valence-corrected chi connectivity index (χ4v) is 2.51. The molecule has 2 aromatic rings. The van der Waals surface area contributed by atoms with Crippen molar-refractivity contribution in [2.24, 2.45) is 0 Å². The van der Waals surface area contributed by atoms with Gasteiger partial charge in [0.1, 0.15) is 0 Å². The minimum atomic E-state index is 0.610. The summed E-state index contributed by atoms with van der Waals surface area (Å²) in [6.07, 6.45) is 0. The lowest BCUT2D eigenvalue weighted by Gasteiger charge is -2.07. The molecule has 0 bridgehead atoms. The van der Waals surface area contributed by atoms with E-state index in [0.717, 1.165) is 12.2 Å². The third-order valence-corrected chi connectivity index (χ3v) is 3.67. The smallest absolute Gasteiger partial charge is 0.0992 e. The zero-order valence-electron chi connectivity index (χ0n) is 9.33. The number of halogens is 1. The Morgan fingerprint density at radius 3 is 2.82 bits per heavy atom. The molecule has 1 N–H and O–H groups in total. The molecule has 86 valence electrons. The molecule has 0 saturated heterocycles. The minimum Gasteiger partial charge on any atom is -0.379 e. The number of rotatable bonds is 3. The van der Waals surface area contributed by atoms with Crippen molar-refractivity contribution in [3.63, 3.8) is 0 Å². The summed E-state index contributed by atoms with van der Waals surface area (Å²) < 4.78 is 0. The van der Waals surface area contributed by atoms with Gasteiger partial charge in [0.2, 0.25) is 0 Å². The zero-order chi connectivity index (χ0) is 12.3. The topological polar surface area (TPSA) is 35.8 Å². The largest absolute Gasteiger partial charge is 0.379 e. The Labute approximate surface area is 109 Å². The summed E-state index contributed by atoms with van der Waals surface area (Å²) in [5.74, 6) is 0. The number of nitrogens with one attached hydrogen (secondary N) is 1. The number of aryl methyl sites for hydroxylation is 1. The molecule has 0 radical (unpaired) electrons. The highest BCUT2D eigenvalue weighted by Gasteiger charge is 2.02. The minimum absolute atomic E-state index is 0.610. The summed E-state index contributed by atoms with van der Waals surface area (Å²) in [6.45, 7) is 2.81. The number of benzene rings is 1. The van der Waals surface area contributed by atoms with Crippen LogP contribution in [-0.2, 0) is 6.54 Å². The van der Waals surface area contributed by atoms with Gasteiger partial charge in [-0.2, -0.15) is 5.26 Å². The first-order valence-electron chi connectivity index (χ1n) is 5.18. The summed E-state index contributed by atoms with van der Waals surface area (Å²) in [4.78, 5) is 2.54. The van der Waals surface area contributed by atoms with Gasteiger partial charge >= 0.3 is 0 Å². The highest BCUT2D eigenvalue weighted by atomic mass is 35.5. The third kappa shape index (κ3) is 3.00. The van der Waals surface area contributed by atoms with Crippen LogP contribution in [0.3, 0.4) is 0 Å². The van der Waals surface area contributed by atoms with Crippen LogP contribution in [0.25, 0.3) is 0 Å². The Morgan fingerprint density at radius 1 is 1.35 bits per heavy atom. The summed E-state index contributed by atoms with van der Waals surface area (Å²) in [7, 11) is 0. The summed E-state index contributed by atoms with van der Waals surface area (Å²) in [5.41, 5.74) is 1.41. The number of anilines is 1. The predicted molar refractivity (Wildman–Crippen MR) is 72.5 cm³/mol. The first-order valence-corrected chi connectivity index (χ1v) is 6.37. The lowest BCUT2D eigenvalue weighted by molar-refractivity contribution is 1.19. The van der Waals surface area contributed by atoms with Crippen LogP contribution in [0.5, 0.6) is 0 Å². The molecule has 0 amide bonds. The second kappa shape index (κ2) is 5.22. The van der Waals surface area contributed by atoms with Gasteiger partial charge in [0.05, 0.1) is 22.3 Å². The van der Waals surface area contributed by atoms with E-state index in [-0.39, 0.29) is 0 Å². The second-order valence-electron chi connectivity index (χ2n) is 3.67. The third-order valence-electron chi connectivity index (χ3n) is 2.34. The van der Waals surface area contributed by atoms with Gasteiger partial charge in [-0.3, -0.25) is 0 Å². The van der Waals surface area contributed by atoms with Gasteiger partial charge in [-0.15, -0.1) is 11.3 Å². The Hall–Kier alpha value is -1.50. The van der Waals surface area contributed by atoms with Gasteiger partial charge in [-0.25, -0.2) is 0 Å². The maximum Gasteiger partial charge on any atom is 0.0992 e. The van der Waals surface area contributed by atoms with Crippen molar-refractivity contribution in [2.45, 2.75) is 13.5 Å². The van der Waals surface area contributed by atoms with E-state index in [1.807, 2.05) is 0 Å². The lowest BCUT2D eigenvalue weighted by atomic mass is 10.2. The summed E-state index contributed by atoms with van der Waals surface area (Å²) >= 11 is 7.81. The van der Waals surface area contributed by atoms with E-state index in [0.29, 0.717) is 10.6 Å². The molecule has 0 aliphatic heterocycles. The van der Waals surface area contributed by atoms with Crippen LogP contribution in [0.1, 0.15) is 15.3 Å². The van der Waals surface area contributed by atoms with E-state index in [2.05, 4.69) is 30.4 Å². The van der Waals surface area contributed by atoms with Crippen molar-refractivity contribution < 1.29 is 0 Å². The monoisotopic (exact) mass is 262 g/mol. The van der Waals surface area contributed by atoms with Crippen LogP contribution in [0, 0.1) is 18.3 Å². The normalized spacial score (nSPS) is 9.94. The van der Waals surface area contributed by atoms with Crippen LogP contribution in [-0.4, -0.2) is 0 Å². The maximum atomic E-state index is 8.82. The molecular weight excluding hydrogens is 252 g/mol. The molecular formula is C13H11ClN2S. The van der Waals surface area contributed by atoms with Crippen molar-refractivity contribution in [1.82, 2.24) is 0 Å². The fourth-order valence-electron chi connectivity index (χ4n) is 1.49. The molecule has 0 aliphatic rings. The molecule has 0 aliphatic carbocycles. The molecule has 0 saturated carbocycles. The van der Waals surface area contributed by atoms with Crippen molar-refractivity contribution >= 4 is 28.6 Å². The van der Waals surface area contributed by atoms with Crippen molar-refractivity contribution in [3.05, 3.63) is 50.7 Å². The molecule has 2 rings (SSSR count). The van der Waals surface area contributed by atoms with Crippen LogP contribution in [0.15, 0.2) is 30.3 Å². The van der Waals surface area contributed by atoms with E-state index in [9.17, 15) is 0 Å². The SMILES string of the molecule is Cc1ccc(CNc2cc(C#N)ccc2Cl)s1. The molecule has 4 heteroatoms. The Morgan fingerprint density at radius 2 is 2.18 bits per heavy atom. The number of hydrogen-bond donors (Lipinski definition) is 1. The number of hydrogen-bond acceptors (Lipinski definition) is 3. The van der Waals surface area contributed by atoms with E-state index in [4.69, 9.17) is 16.9 Å². The van der Waals surface area contributed by atoms with E-state index in [1.54, 1.807) is 29.5 Å². The number of nitrogens with zero attached hydrogens (tertiary/aromatic N) is 1. The summed E-state index contributed by atoms with van der Waals surface area (Å²) in [5, 5.41) is 12.7.